The summed E-state index contributed by atoms with van der Waals surface area (Å²) >= 11 is 0. The number of aliphatic hydroxyl groups is 1. The molecule has 1 saturated heterocycles. The van der Waals surface area contributed by atoms with Crippen LogP contribution in [0.2, 0.25) is 0 Å². The molecule has 0 spiro atoms. The van der Waals surface area contributed by atoms with Crippen LogP contribution in [0, 0.1) is 5.92 Å². The molecule has 0 aromatic heterocycles. The summed E-state index contributed by atoms with van der Waals surface area (Å²) in [4.78, 5) is 14.1. The molecule has 0 radical (unpaired) electrons. The van der Waals surface area contributed by atoms with E-state index in [1.54, 1.807) is 0 Å². The number of likely N-dealkylation sites (tertiary alicyclic amines) is 1. The summed E-state index contributed by atoms with van der Waals surface area (Å²) in [5, 5.41) is 9.58. The summed E-state index contributed by atoms with van der Waals surface area (Å²) in [6.45, 7) is 3.35. The van der Waals surface area contributed by atoms with E-state index in [1.807, 2.05) is 42.2 Å². The number of benzene rings is 1. The lowest BCUT2D eigenvalue weighted by atomic mass is 9.92. The van der Waals surface area contributed by atoms with Gasteiger partial charge in [-0.05, 0) is 37.7 Å². The van der Waals surface area contributed by atoms with Crippen LogP contribution < -0.4 is 5.73 Å². The van der Waals surface area contributed by atoms with E-state index >= 15 is 0 Å². The highest BCUT2D eigenvalue weighted by Crippen LogP contribution is 2.22. The SMILES string of the molecule is CC(O)C1CCN(C(=O)CCC(N)c2ccccc2)CC1.Cl. The zero-order valence-corrected chi connectivity index (χ0v) is 14.0. The molecule has 1 heterocycles. The molecule has 2 unspecified atom stereocenters. The molecule has 1 aromatic carbocycles. The van der Waals surface area contributed by atoms with Gasteiger partial charge in [0.2, 0.25) is 5.91 Å². The first kappa shape index (κ1) is 18.9. The van der Waals surface area contributed by atoms with Crippen molar-refractivity contribution in [3.8, 4) is 0 Å². The molecule has 1 aromatic rings. The van der Waals surface area contributed by atoms with Crippen molar-refractivity contribution >= 4 is 18.3 Å². The van der Waals surface area contributed by atoms with Gasteiger partial charge in [0.25, 0.3) is 0 Å². The zero-order chi connectivity index (χ0) is 15.2. The Kier molecular flexibility index (Phi) is 7.87. The third-order valence-corrected chi connectivity index (χ3v) is 4.47. The van der Waals surface area contributed by atoms with Crippen molar-refractivity contribution in [2.75, 3.05) is 13.1 Å². The van der Waals surface area contributed by atoms with Crippen molar-refractivity contribution in [1.29, 1.82) is 0 Å². The second-order valence-electron chi connectivity index (χ2n) is 6.01. The molecule has 124 valence electrons. The topological polar surface area (TPSA) is 66.6 Å². The second-order valence-corrected chi connectivity index (χ2v) is 6.01. The number of nitrogens with two attached hydrogens (primary N) is 1. The number of piperidine rings is 1. The van der Waals surface area contributed by atoms with Gasteiger partial charge in [-0.25, -0.2) is 0 Å². The number of carbonyl (C=O) groups excluding carboxylic acids is 1. The number of nitrogens with zero attached hydrogens (tertiary/aromatic N) is 1. The highest BCUT2D eigenvalue weighted by atomic mass is 35.5. The molecule has 0 saturated carbocycles. The molecule has 22 heavy (non-hydrogen) atoms. The number of amides is 1. The van der Waals surface area contributed by atoms with E-state index in [0.717, 1.165) is 31.5 Å². The first-order chi connectivity index (χ1) is 10.1. The minimum absolute atomic E-state index is 0. The Morgan fingerprint density at radius 2 is 1.91 bits per heavy atom. The van der Waals surface area contributed by atoms with Gasteiger partial charge in [-0.15, -0.1) is 12.4 Å². The monoisotopic (exact) mass is 326 g/mol. The lowest BCUT2D eigenvalue weighted by molar-refractivity contribution is -0.133. The maximum Gasteiger partial charge on any atom is 0.222 e. The zero-order valence-electron chi connectivity index (χ0n) is 13.1. The molecule has 2 rings (SSSR count). The van der Waals surface area contributed by atoms with E-state index in [-0.39, 0.29) is 30.5 Å². The lowest BCUT2D eigenvalue weighted by Crippen LogP contribution is -2.40. The number of halogens is 1. The molecule has 1 amide bonds. The summed E-state index contributed by atoms with van der Waals surface area (Å²) in [5.74, 6) is 0.519. The molecule has 1 aliphatic heterocycles. The van der Waals surface area contributed by atoms with Crippen LogP contribution in [-0.2, 0) is 4.79 Å². The highest BCUT2D eigenvalue weighted by molar-refractivity contribution is 5.85. The standard InChI is InChI=1S/C17H26N2O2.ClH/c1-13(20)14-9-11-19(12-10-14)17(21)8-7-16(18)15-5-3-2-4-6-15;/h2-6,13-14,16,20H,7-12,18H2,1H3;1H. The maximum atomic E-state index is 12.2. The number of rotatable bonds is 5. The summed E-state index contributed by atoms with van der Waals surface area (Å²) in [5.41, 5.74) is 7.21. The van der Waals surface area contributed by atoms with Gasteiger partial charge in [0.1, 0.15) is 0 Å². The van der Waals surface area contributed by atoms with Gasteiger partial charge in [-0.1, -0.05) is 30.3 Å². The summed E-state index contributed by atoms with van der Waals surface area (Å²) in [6, 6.07) is 9.83. The van der Waals surface area contributed by atoms with Gasteiger partial charge in [0, 0.05) is 25.6 Å². The van der Waals surface area contributed by atoms with E-state index < -0.39 is 0 Å². The average Bonchev–Trinajstić information content (AvgIpc) is 2.53. The fraction of sp³-hybridized carbons (Fsp3) is 0.588. The third kappa shape index (κ3) is 5.27. The molecule has 0 bridgehead atoms. The molecule has 2 atom stereocenters. The van der Waals surface area contributed by atoms with Crippen LogP contribution in [0.3, 0.4) is 0 Å². The smallest absolute Gasteiger partial charge is 0.222 e. The second kappa shape index (κ2) is 9.13. The molecule has 1 aliphatic rings. The van der Waals surface area contributed by atoms with Gasteiger partial charge in [0.05, 0.1) is 6.10 Å². The normalized spacial score (nSPS) is 18.4. The maximum absolute atomic E-state index is 12.2. The van der Waals surface area contributed by atoms with Crippen molar-refractivity contribution in [3.05, 3.63) is 35.9 Å². The Bertz CT molecular complexity index is 445. The number of aliphatic hydroxyl groups excluding tert-OH is 1. The Morgan fingerprint density at radius 3 is 2.45 bits per heavy atom. The molecular formula is C17H27ClN2O2. The van der Waals surface area contributed by atoms with Crippen molar-refractivity contribution in [1.82, 2.24) is 4.90 Å². The Hall–Kier alpha value is -1.10. The van der Waals surface area contributed by atoms with Crippen LogP contribution >= 0.6 is 12.4 Å². The van der Waals surface area contributed by atoms with E-state index in [4.69, 9.17) is 5.73 Å². The van der Waals surface area contributed by atoms with Crippen molar-refractivity contribution in [2.24, 2.45) is 11.7 Å². The van der Waals surface area contributed by atoms with Crippen LogP contribution in [0.25, 0.3) is 0 Å². The summed E-state index contributed by atoms with van der Waals surface area (Å²) in [7, 11) is 0. The molecule has 5 heteroatoms. The largest absolute Gasteiger partial charge is 0.393 e. The molecular weight excluding hydrogens is 300 g/mol. The van der Waals surface area contributed by atoms with Crippen LogP contribution in [-0.4, -0.2) is 35.1 Å². The Balaban J connectivity index is 0.00000242. The fourth-order valence-electron chi connectivity index (χ4n) is 2.94. The highest BCUT2D eigenvalue weighted by Gasteiger charge is 2.25. The molecule has 0 aliphatic carbocycles. The van der Waals surface area contributed by atoms with Crippen LogP contribution in [0.5, 0.6) is 0 Å². The summed E-state index contributed by atoms with van der Waals surface area (Å²) < 4.78 is 0. The first-order valence-corrected chi connectivity index (χ1v) is 7.84. The number of hydrogen-bond acceptors (Lipinski definition) is 3. The Labute approximate surface area is 139 Å². The van der Waals surface area contributed by atoms with Gasteiger partial charge in [0.15, 0.2) is 0 Å². The van der Waals surface area contributed by atoms with Crippen LogP contribution in [0.15, 0.2) is 30.3 Å². The Morgan fingerprint density at radius 1 is 1.32 bits per heavy atom. The number of carbonyl (C=O) groups is 1. The van der Waals surface area contributed by atoms with Gasteiger partial charge >= 0.3 is 0 Å². The van der Waals surface area contributed by atoms with Gasteiger partial charge < -0.3 is 15.7 Å². The van der Waals surface area contributed by atoms with E-state index in [1.165, 1.54) is 0 Å². The first-order valence-electron chi connectivity index (χ1n) is 7.84. The quantitative estimate of drug-likeness (QED) is 0.873. The van der Waals surface area contributed by atoms with E-state index in [9.17, 15) is 9.90 Å². The van der Waals surface area contributed by atoms with Crippen molar-refractivity contribution in [3.63, 3.8) is 0 Å². The predicted octanol–water partition coefficient (Wildman–Crippen LogP) is 2.51. The van der Waals surface area contributed by atoms with Gasteiger partial charge in [-0.3, -0.25) is 4.79 Å². The average molecular weight is 327 g/mol. The minimum Gasteiger partial charge on any atom is -0.393 e. The fourth-order valence-corrected chi connectivity index (χ4v) is 2.94. The summed E-state index contributed by atoms with van der Waals surface area (Å²) in [6.07, 6.45) is 2.70. The molecule has 3 N–H and O–H groups in total. The van der Waals surface area contributed by atoms with Gasteiger partial charge in [-0.2, -0.15) is 0 Å². The third-order valence-electron chi connectivity index (χ3n) is 4.47. The number of hydrogen-bond donors (Lipinski definition) is 2. The van der Waals surface area contributed by atoms with Crippen LogP contribution in [0.1, 0.15) is 44.2 Å². The van der Waals surface area contributed by atoms with Crippen molar-refractivity contribution < 1.29 is 9.90 Å². The van der Waals surface area contributed by atoms with Crippen LogP contribution in [0.4, 0.5) is 0 Å². The van der Waals surface area contributed by atoms with Crippen molar-refractivity contribution in [2.45, 2.75) is 44.8 Å². The minimum atomic E-state index is -0.270. The van der Waals surface area contributed by atoms with E-state index in [0.29, 0.717) is 18.8 Å². The lowest BCUT2D eigenvalue weighted by Gasteiger charge is -2.33. The predicted molar refractivity (Wildman–Crippen MR) is 90.8 cm³/mol. The molecule has 4 nitrogen and oxygen atoms in total. The molecule has 1 fully saturated rings. The van der Waals surface area contributed by atoms with E-state index in [2.05, 4.69) is 0 Å².